The number of primary amides is 1. The summed E-state index contributed by atoms with van der Waals surface area (Å²) >= 11 is 0. The number of carboxylic acids is 1. The van der Waals surface area contributed by atoms with E-state index in [1.165, 1.54) is 0 Å². The first-order valence-corrected chi connectivity index (χ1v) is 5.48. The number of benzene rings is 1. The fraction of sp³-hybridized carbons (Fsp3) is 0.182. The molecule has 0 spiro atoms. The van der Waals surface area contributed by atoms with Gasteiger partial charge in [0.25, 0.3) is 5.91 Å². The zero-order valence-electron chi connectivity index (χ0n) is 10.4. The summed E-state index contributed by atoms with van der Waals surface area (Å²) in [6.45, 7) is 0. The van der Waals surface area contributed by atoms with E-state index in [1.54, 1.807) is 0 Å². The lowest BCUT2D eigenvalue weighted by atomic mass is 10.1. The monoisotopic (exact) mass is 299 g/mol. The molecule has 1 atom stereocenters. The van der Waals surface area contributed by atoms with Crippen molar-refractivity contribution in [1.82, 2.24) is 5.32 Å². The molecule has 0 aliphatic rings. The van der Waals surface area contributed by atoms with Crippen LogP contribution in [0.1, 0.15) is 16.8 Å². The predicted octanol–water partition coefficient (Wildman–Crippen LogP) is -0.208. The molecular formula is C11H10FN3O6. The van der Waals surface area contributed by atoms with Crippen LogP contribution in [-0.2, 0) is 9.59 Å². The standard InChI is InChI=1S/C11H10FN3O6/c12-6-3-5(1-2-8(6)15(20)21)10(17)14-7(11(18)19)4-9(13)16/h1-3,7H,4H2,(H2,13,16)(H,14,17)(H,18,19). The molecule has 4 N–H and O–H groups in total. The summed E-state index contributed by atoms with van der Waals surface area (Å²) in [5.74, 6) is -4.69. The Morgan fingerprint density at radius 1 is 1.43 bits per heavy atom. The first-order valence-electron chi connectivity index (χ1n) is 5.48. The zero-order chi connectivity index (χ0) is 16.2. The third kappa shape index (κ3) is 4.23. The van der Waals surface area contributed by atoms with Crippen LogP contribution in [0.25, 0.3) is 0 Å². The van der Waals surface area contributed by atoms with Crippen molar-refractivity contribution in [1.29, 1.82) is 0 Å². The Bertz CT molecular complexity index is 618. The van der Waals surface area contributed by atoms with Crippen LogP contribution >= 0.6 is 0 Å². The molecule has 10 heteroatoms. The van der Waals surface area contributed by atoms with Crippen molar-refractivity contribution in [3.8, 4) is 0 Å². The number of nitrogens with two attached hydrogens (primary N) is 1. The molecule has 0 aliphatic heterocycles. The second-order valence-corrected chi connectivity index (χ2v) is 3.96. The molecule has 2 amide bonds. The minimum atomic E-state index is -1.58. The number of hydrogen-bond donors (Lipinski definition) is 3. The Labute approximate surface area is 116 Å². The minimum absolute atomic E-state index is 0.325. The third-order valence-electron chi connectivity index (χ3n) is 2.42. The molecule has 21 heavy (non-hydrogen) atoms. The van der Waals surface area contributed by atoms with E-state index in [1.807, 2.05) is 5.32 Å². The van der Waals surface area contributed by atoms with Crippen LogP contribution in [0, 0.1) is 15.9 Å². The number of nitro groups is 1. The van der Waals surface area contributed by atoms with Crippen LogP contribution in [0.5, 0.6) is 0 Å². The van der Waals surface area contributed by atoms with Crippen LogP contribution < -0.4 is 11.1 Å². The first kappa shape index (κ1) is 16.0. The van der Waals surface area contributed by atoms with Gasteiger partial charge in [0.15, 0.2) is 0 Å². The summed E-state index contributed by atoms with van der Waals surface area (Å²) < 4.78 is 13.4. The first-order chi connectivity index (χ1) is 9.72. The van der Waals surface area contributed by atoms with Crippen molar-refractivity contribution in [3.05, 3.63) is 39.7 Å². The van der Waals surface area contributed by atoms with Gasteiger partial charge in [-0.1, -0.05) is 0 Å². The van der Waals surface area contributed by atoms with Gasteiger partial charge in [0, 0.05) is 11.6 Å². The van der Waals surface area contributed by atoms with Gasteiger partial charge in [-0.25, -0.2) is 4.79 Å². The van der Waals surface area contributed by atoms with E-state index >= 15 is 0 Å². The molecule has 9 nitrogen and oxygen atoms in total. The average Bonchev–Trinajstić information content (AvgIpc) is 2.36. The predicted molar refractivity (Wildman–Crippen MR) is 65.8 cm³/mol. The Morgan fingerprint density at radius 3 is 2.48 bits per heavy atom. The molecule has 0 heterocycles. The quantitative estimate of drug-likeness (QED) is 0.488. The van der Waals surface area contributed by atoms with E-state index in [-0.39, 0.29) is 5.56 Å². The highest BCUT2D eigenvalue weighted by Gasteiger charge is 2.24. The molecule has 0 aromatic heterocycles. The third-order valence-corrected chi connectivity index (χ3v) is 2.42. The SMILES string of the molecule is NC(=O)CC(NC(=O)c1ccc([N+](=O)[O-])c(F)c1)C(=O)O. The molecule has 0 bridgehead atoms. The van der Waals surface area contributed by atoms with Gasteiger partial charge in [-0.05, 0) is 12.1 Å². The van der Waals surface area contributed by atoms with Gasteiger partial charge in [0.2, 0.25) is 11.7 Å². The fourth-order valence-electron chi connectivity index (χ4n) is 1.44. The number of nitrogens with zero attached hydrogens (tertiary/aromatic N) is 1. The summed E-state index contributed by atoms with van der Waals surface area (Å²) in [5, 5.41) is 21.2. The number of hydrogen-bond acceptors (Lipinski definition) is 5. The molecule has 0 saturated carbocycles. The largest absolute Gasteiger partial charge is 0.480 e. The lowest BCUT2D eigenvalue weighted by Gasteiger charge is -2.12. The number of rotatable bonds is 6. The van der Waals surface area contributed by atoms with E-state index < -0.39 is 46.7 Å². The number of aliphatic carboxylic acids is 1. The number of nitro benzene ring substituents is 1. The van der Waals surface area contributed by atoms with Crippen LogP contribution in [0.3, 0.4) is 0 Å². The topological polar surface area (TPSA) is 153 Å². The summed E-state index contributed by atoms with van der Waals surface area (Å²) in [6, 6.07) is 0.748. The molecule has 0 radical (unpaired) electrons. The highest BCUT2D eigenvalue weighted by molar-refractivity contribution is 5.97. The number of carbonyl (C=O) groups is 3. The van der Waals surface area contributed by atoms with Crippen LogP contribution in [0.15, 0.2) is 18.2 Å². The van der Waals surface area contributed by atoms with Crippen molar-refractivity contribution < 1.29 is 28.8 Å². The van der Waals surface area contributed by atoms with Crippen molar-refractivity contribution in [2.45, 2.75) is 12.5 Å². The van der Waals surface area contributed by atoms with Gasteiger partial charge in [0.05, 0.1) is 11.3 Å². The normalized spacial score (nSPS) is 11.5. The molecule has 112 valence electrons. The molecule has 0 saturated heterocycles. The Morgan fingerprint density at radius 2 is 2.05 bits per heavy atom. The van der Waals surface area contributed by atoms with Crippen molar-refractivity contribution in [2.24, 2.45) is 5.73 Å². The van der Waals surface area contributed by atoms with Crippen molar-refractivity contribution in [2.75, 3.05) is 0 Å². The zero-order valence-corrected chi connectivity index (χ0v) is 10.4. The molecular weight excluding hydrogens is 289 g/mol. The highest BCUT2D eigenvalue weighted by Crippen LogP contribution is 2.18. The Hall–Kier alpha value is -3.04. The maximum Gasteiger partial charge on any atom is 0.326 e. The number of amides is 2. The van der Waals surface area contributed by atoms with Crippen molar-refractivity contribution >= 4 is 23.5 Å². The second kappa shape index (κ2) is 6.41. The lowest BCUT2D eigenvalue weighted by molar-refractivity contribution is -0.387. The van der Waals surface area contributed by atoms with E-state index in [9.17, 15) is 28.9 Å². The maximum absolute atomic E-state index is 13.4. The van der Waals surface area contributed by atoms with E-state index in [2.05, 4.69) is 0 Å². The second-order valence-electron chi connectivity index (χ2n) is 3.96. The van der Waals surface area contributed by atoms with Gasteiger partial charge in [-0.15, -0.1) is 0 Å². The highest BCUT2D eigenvalue weighted by atomic mass is 19.1. The number of nitrogens with one attached hydrogen (secondary N) is 1. The Kier molecular flexibility index (Phi) is 4.89. The summed E-state index contributed by atoms with van der Waals surface area (Å²) in [5.41, 5.74) is 3.69. The Balaban J connectivity index is 2.93. The number of halogens is 1. The smallest absolute Gasteiger partial charge is 0.326 e. The summed E-state index contributed by atoms with van der Waals surface area (Å²) in [6.07, 6.45) is -0.642. The molecule has 1 rings (SSSR count). The van der Waals surface area contributed by atoms with Gasteiger partial charge < -0.3 is 16.2 Å². The molecule has 1 unspecified atom stereocenters. The van der Waals surface area contributed by atoms with Crippen LogP contribution in [0.2, 0.25) is 0 Å². The van der Waals surface area contributed by atoms with Gasteiger partial charge in [-0.3, -0.25) is 19.7 Å². The lowest BCUT2D eigenvalue weighted by Crippen LogP contribution is -2.43. The minimum Gasteiger partial charge on any atom is -0.480 e. The van der Waals surface area contributed by atoms with Crippen LogP contribution in [-0.4, -0.2) is 33.9 Å². The van der Waals surface area contributed by atoms with E-state index in [4.69, 9.17) is 10.8 Å². The summed E-state index contributed by atoms with van der Waals surface area (Å²) in [4.78, 5) is 42.7. The summed E-state index contributed by atoms with van der Waals surface area (Å²) in [7, 11) is 0. The van der Waals surface area contributed by atoms with Crippen LogP contribution in [0.4, 0.5) is 10.1 Å². The van der Waals surface area contributed by atoms with E-state index in [0.717, 1.165) is 12.1 Å². The number of carboxylic acid groups (broad SMARTS) is 1. The van der Waals surface area contributed by atoms with Gasteiger partial charge in [-0.2, -0.15) is 4.39 Å². The molecule has 1 aromatic rings. The number of carbonyl (C=O) groups excluding carboxylic acids is 2. The fourth-order valence-corrected chi connectivity index (χ4v) is 1.44. The molecule has 1 aromatic carbocycles. The molecule has 0 aliphatic carbocycles. The molecule has 0 fully saturated rings. The van der Waals surface area contributed by atoms with Gasteiger partial charge >= 0.3 is 11.7 Å². The van der Waals surface area contributed by atoms with E-state index in [0.29, 0.717) is 6.07 Å². The van der Waals surface area contributed by atoms with Crippen molar-refractivity contribution in [3.63, 3.8) is 0 Å². The average molecular weight is 299 g/mol. The maximum atomic E-state index is 13.4. The van der Waals surface area contributed by atoms with Gasteiger partial charge in [0.1, 0.15) is 6.04 Å².